The Morgan fingerprint density at radius 3 is 2.50 bits per heavy atom. The molecule has 0 atom stereocenters. The summed E-state index contributed by atoms with van der Waals surface area (Å²) in [6.45, 7) is 4.59. The van der Waals surface area contributed by atoms with Gasteiger partial charge in [-0.3, -0.25) is 0 Å². The first-order valence-corrected chi connectivity index (χ1v) is 6.33. The summed E-state index contributed by atoms with van der Waals surface area (Å²) in [4.78, 5) is 13.6. The fourth-order valence-electron chi connectivity index (χ4n) is 1.63. The largest absolute Gasteiger partial charge is 0.444 e. The number of methoxy groups -OCH3 is 2. The van der Waals surface area contributed by atoms with E-state index in [4.69, 9.17) is 14.2 Å². The van der Waals surface area contributed by atoms with Crippen LogP contribution in [0.15, 0.2) is 43.0 Å². The van der Waals surface area contributed by atoms with E-state index in [9.17, 15) is 4.79 Å². The molecule has 1 aromatic carbocycles. The molecular formula is C15H21NO4. The SMILES string of the molecule is C=CCN(Cc1ccccc1)C(=O)OCC(OC)OC. The Bertz CT molecular complexity index is 404. The molecule has 0 N–H and O–H groups in total. The second-order valence-electron chi connectivity index (χ2n) is 4.13. The van der Waals surface area contributed by atoms with Crippen LogP contribution < -0.4 is 0 Å². The lowest BCUT2D eigenvalue weighted by molar-refractivity contribution is -0.130. The highest BCUT2D eigenvalue weighted by molar-refractivity contribution is 5.67. The van der Waals surface area contributed by atoms with Gasteiger partial charge in [0.15, 0.2) is 6.29 Å². The summed E-state index contributed by atoms with van der Waals surface area (Å²) in [5.41, 5.74) is 1.03. The highest BCUT2D eigenvalue weighted by Gasteiger charge is 2.16. The van der Waals surface area contributed by atoms with Gasteiger partial charge in [0.2, 0.25) is 0 Å². The van der Waals surface area contributed by atoms with E-state index < -0.39 is 12.4 Å². The first-order chi connectivity index (χ1) is 9.71. The van der Waals surface area contributed by atoms with Gasteiger partial charge in [-0.1, -0.05) is 36.4 Å². The van der Waals surface area contributed by atoms with Crippen molar-refractivity contribution in [1.82, 2.24) is 4.90 Å². The lowest BCUT2D eigenvalue weighted by Gasteiger charge is -2.22. The zero-order valence-electron chi connectivity index (χ0n) is 12.0. The number of benzene rings is 1. The van der Waals surface area contributed by atoms with Gasteiger partial charge >= 0.3 is 6.09 Å². The predicted molar refractivity (Wildman–Crippen MR) is 76.2 cm³/mol. The van der Waals surface area contributed by atoms with Crippen LogP contribution in [0, 0.1) is 0 Å². The van der Waals surface area contributed by atoms with Crippen molar-refractivity contribution in [3.63, 3.8) is 0 Å². The number of hydrogen-bond acceptors (Lipinski definition) is 4. The van der Waals surface area contributed by atoms with Gasteiger partial charge in [-0.25, -0.2) is 4.79 Å². The molecule has 1 aromatic rings. The fourth-order valence-corrected chi connectivity index (χ4v) is 1.63. The molecule has 0 heterocycles. The van der Waals surface area contributed by atoms with Gasteiger partial charge in [-0.05, 0) is 5.56 Å². The molecule has 0 aliphatic carbocycles. The van der Waals surface area contributed by atoms with Gasteiger partial charge in [0, 0.05) is 27.3 Å². The number of carbonyl (C=O) groups excluding carboxylic acids is 1. The Balaban J connectivity index is 2.56. The number of ether oxygens (including phenoxy) is 3. The van der Waals surface area contributed by atoms with Gasteiger partial charge in [-0.2, -0.15) is 0 Å². The van der Waals surface area contributed by atoms with E-state index in [2.05, 4.69) is 6.58 Å². The molecular weight excluding hydrogens is 258 g/mol. The highest BCUT2D eigenvalue weighted by Crippen LogP contribution is 2.07. The Kier molecular flexibility index (Phi) is 7.39. The van der Waals surface area contributed by atoms with Crippen molar-refractivity contribution in [3.8, 4) is 0 Å². The van der Waals surface area contributed by atoms with Gasteiger partial charge in [0.05, 0.1) is 0 Å². The highest BCUT2D eigenvalue weighted by atomic mass is 16.7. The first kappa shape index (κ1) is 16.2. The number of amides is 1. The molecule has 0 spiro atoms. The second-order valence-corrected chi connectivity index (χ2v) is 4.13. The normalized spacial score (nSPS) is 10.3. The maximum absolute atomic E-state index is 12.0. The number of hydrogen-bond donors (Lipinski definition) is 0. The number of carbonyl (C=O) groups is 1. The molecule has 0 fully saturated rings. The van der Waals surface area contributed by atoms with Crippen molar-refractivity contribution >= 4 is 6.09 Å². The molecule has 0 aromatic heterocycles. The average Bonchev–Trinajstić information content (AvgIpc) is 2.48. The number of rotatable bonds is 8. The van der Waals surface area contributed by atoms with Crippen LogP contribution in [0.3, 0.4) is 0 Å². The maximum atomic E-state index is 12.0. The fraction of sp³-hybridized carbons (Fsp3) is 0.400. The molecule has 0 radical (unpaired) electrons. The molecule has 0 aliphatic rings. The topological polar surface area (TPSA) is 48.0 Å². The average molecular weight is 279 g/mol. The smallest absolute Gasteiger partial charge is 0.410 e. The first-order valence-electron chi connectivity index (χ1n) is 6.33. The van der Waals surface area contributed by atoms with E-state index in [1.165, 1.54) is 14.2 Å². The van der Waals surface area contributed by atoms with Crippen molar-refractivity contribution in [2.24, 2.45) is 0 Å². The van der Waals surface area contributed by atoms with Crippen LogP contribution in [0.2, 0.25) is 0 Å². The van der Waals surface area contributed by atoms with Crippen LogP contribution in [0.4, 0.5) is 4.79 Å². The van der Waals surface area contributed by atoms with Gasteiger partial charge in [0.25, 0.3) is 0 Å². The third-order valence-corrected chi connectivity index (χ3v) is 2.69. The summed E-state index contributed by atoms with van der Waals surface area (Å²) >= 11 is 0. The third-order valence-electron chi connectivity index (χ3n) is 2.69. The Hall–Kier alpha value is -1.85. The molecule has 0 unspecified atom stereocenters. The lowest BCUT2D eigenvalue weighted by atomic mass is 10.2. The van der Waals surface area contributed by atoms with Crippen LogP contribution in [-0.4, -0.2) is 44.7 Å². The van der Waals surface area contributed by atoms with Crippen molar-refractivity contribution in [2.45, 2.75) is 12.8 Å². The minimum Gasteiger partial charge on any atom is -0.444 e. The van der Waals surface area contributed by atoms with E-state index in [1.807, 2.05) is 30.3 Å². The standard InChI is InChI=1S/C15H21NO4/c1-4-10-16(11-13-8-6-5-7-9-13)15(17)20-12-14(18-2)19-3/h4-9,14H,1,10-12H2,2-3H3. The maximum Gasteiger partial charge on any atom is 0.410 e. The molecule has 0 aliphatic heterocycles. The van der Waals surface area contributed by atoms with Crippen LogP contribution in [0.1, 0.15) is 5.56 Å². The lowest BCUT2D eigenvalue weighted by Crippen LogP contribution is -2.34. The molecule has 0 bridgehead atoms. The Morgan fingerprint density at radius 1 is 1.30 bits per heavy atom. The van der Waals surface area contributed by atoms with E-state index in [0.717, 1.165) is 5.56 Å². The zero-order chi connectivity index (χ0) is 14.8. The van der Waals surface area contributed by atoms with Crippen molar-refractivity contribution in [2.75, 3.05) is 27.4 Å². The van der Waals surface area contributed by atoms with Gasteiger partial charge in [-0.15, -0.1) is 6.58 Å². The predicted octanol–water partition coefficient (Wildman–Crippen LogP) is 2.43. The summed E-state index contributed by atoms with van der Waals surface area (Å²) in [6.07, 6.45) is 0.683. The molecule has 0 saturated carbocycles. The summed E-state index contributed by atoms with van der Waals surface area (Å²) in [5.74, 6) is 0. The Labute approximate surface area is 119 Å². The third kappa shape index (κ3) is 5.42. The number of nitrogens with zero attached hydrogens (tertiary/aromatic N) is 1. The summed E-state index contributed by atoms with van der Waals surface area (Å²) < 4.78 is 15.1. The molecule has 110 valence electrons. The van der Waals surface area contributed by atoms with E-state index >= 15 is 0 Å². The monoisotopic (exact) mass is 279 g/mol. The molecule has 1 rings (SSSR count). The van der Waals surface area contributed by atoms with Crippen LogP contribution >= 0.6 is 0 Å². The minimum atomic E-state index is -0.554. The molecule has 20 heavy (non-hydrogen) atoms. The van der Waals surface area contributed by atoms with E-state index in [-0.39, 0.29) is 6.61 Å². The zero-order valence-corrected chi connectivity index (χ0v) is 12.0. The van der Waals surface area contributed by atoms with Crippen LogP contribution in [0.25, 0.3) is 0 Å². The Morgan fingerprint density at radius 2 is 1.95 bits per heavy atom. The summed E-state index contributed by atoms with van der Waals surface area (Å²) in [7, 11) is 2.99. The minimum absolute atomic E-state index is 0.0499. The van der Waals surface area contributed by atoms with E-state index in [0.29, 0.717) is 13.1 Å². The van der Waals surface area contributed by atoms with Crippen molar-refractivity contribution in [1.29, 1.82) is 0 Å². The quantitative estimate of drug-likeness (QED) is 0.541. The van der Waals surface area contributed by atoms with E-state index in [1.54, 1.807) is 11.0 Å². The van der Waals surface area contributed by atoms with Gasteiger partial charge in [0.1, 0.15) is 6.61 Å². The molecule has 5 nitrogen and oxygen atoms in total. The van der Waals surface area contributed by atoms with Crippen molar-refractivity contribution < 1.29 is 19.0 Å². The van der Waals surface area contributed by atoms with Crippen LogP contribution in [0.5, 0.6) is 0 Å². The summed E-state index contributed by atoms with van der Waals surface area (Å²) in [5, 5.41) is 0. The summed E-state index contributed by atoms with van der Waals surface area (Å²) in [6, 6.07) is 9.70. The molecule has 0 saturated heterocycles. The van der Waals surface area contributed by atoms with Gasteiger partial charge < -0.3 is 19.1 Å². The second kappa shape index (κ2) is 9.12. The molecule has 1 amide bonds. The van der Waals surface area contributed by atoms with Crippen molar-refractivity contribution in [3.05, 3.63) is 48.6 Å². The molecule has 5 heteroatoms. The van der Waals surface area contributed by atoms with Crippen LogP contribution in [-0.2, 0) is 20.8 Å².